The molecule has 0 atom stereocenters. The molecule has 0 radical (unpaired) electrons. The van der Waals surface area contributed by atoms with E-state index in [-0.39, 0.29) is 18.1 Å². The first-order chi connectivity index (χ1) is 12.3. The van der Waals surface area contributed by atoms with Gasteiger partial charge >= 0.3 is 12.1 Å². The van der Waals surface area contributed by atoms with Gasteiger partial charge in [0.25, 0.3) is 0 Å². The van der Waals surface area contributed by atoms with Gasteiger partial charge in [-0.25, -0.2) is 4.79 Å². The van der Waals surface area contributed by atoms with Gasteiger partial charge in [-0.15, -0.1) is 0 Å². The Hall–Kier alpha value is -3.29. The number of hydrogen-bond donors (Lipinski definition) is 1. The summed E-state index contributed by atoms with van der Waals surface area (Å²) >= 11 is 0. The van der Waals surface area contributed by atoms with Gasteiger partial charge in [0.05, 0.1) is 5.56 Å². The van der Waals surface area contributed by atoms with Gasteiger partial charge in [0.2, 0.25) is 5.76 Å². The fraction of sp³-hybridized carbons (Fsp3) is 0.111. The number of rotatable bonds is 5. The molecule has 0 fully saturated rings. The Labute approximate surface area is 145 Å². The van der Waals surface area contributed by atoms with E-state index in [9.17, 15) is 18.0 Å². The maximum Gasteiger partial charge on any atom is 0.419 e. The molecule has 5 nitrogen and oxygen atoms in total. The number of carboxylic acids is 1. The van der Waals surface area contributed by atoms with E-state index in [1.807, 2.05) is 0 Å². The standard InChI is InChI=1S/C18H12F3NO4/c19-18(20,21)13-3-1-2-4-15(13)25-10-11-5-7-12(8-6-11)14-9-16(17(23)24)26-22-14/h1-9H,10H2,(H,23,24). The molecule has 0 spiro atoms. The number of nitrogens with zero attached hydrogens (tertiary/aromatic N) is 1. The first kappa shape index (κ1) is 17.5. The molecule has 0 aliphatic heterocycles. The normalized spacial score (nSPS) is 11.3. The molecule has 1 heterocycles. The molecule has 1 aromatic heterocycles. The molecule has 26 heavy (non-hydrogen) atoms. The first-order valence-corrected chi connectivity index (χ1v) is 7.43. The van der Waals surface area contributed by atoms with Crippen LogP contribution in [0.3, 0.4) is 0 Å². The Bertz CT molecular complexity index is 917. The lowest BCUT2D eigenvalue weighted by atomic mass is 10.1. The van der Waals surface area contributed by atoms with Crippen LogP contribution in [0, 0.1) is 0 Å². The van der Waals surface area contributed by atoms with E-state index in [1.165, 1.54) is 24.3 Å². The number of halogens is 3. The number of aromatic nitrogens is 1. The lowest BCUT2D eigenvalue weighted by Gasteiger charge is -2.13. The van der Waals surface area contributed by atoms with Crippen molar-refractivity contribution >= 4 is 5.97 Å². The Morgan fingerprint density at radius 2 is 1.81 bits per heavy atom. The molecule has 0 aliphatic rings. The second kappa shape index (κ2) is 6.91. The van der Waals surface area contributed by atoms with Crippen LogP contribution in [0.5, 0.6) is 5.75 Å². The zero-order valence-corrected chi connectivity index (χ0v) is 13.2. The number of hydrogen-bond acceptors (Lipinski definition) is 4. The summed E-state index contributed by atoms with van der Waals surface area (Å²) < 4.78 is 48.8. The summed E-state index contributed by atoms with van der Waals surface area (Å²) in [4.78, 5) is 10.8. The second-order valence-electron chi connectivity index (χ2n) is 5.36. The monoisotopic (exact) mass is 363 g/mol. The van der Waals surface area contributed by atoms with Crippen molar-refractivity contribution in [3.05, 3.63) is 71.5 Å². The first-order valence-electron chi connectivity index (χ1n) is 7.43. The smallest absolute Gasteiger partial charge is 0.419 e. The fourth-order valence-corrected chi connectivity index (χ4v) is 2.27. The van der Waals surface area contributed by atoms with Crippen LogP contribution in [0.1, 0.15) is 21.7 Å². The SMILES string of the molecule is O=C(O)c1cc(-c2ccc(COc3ccccc3C(F)(F)F)cc2)no1. The molecule has 0 amide bonds. The van der Waals surface area contributed by atoms with Gasteiger partial charge in [-0.1, -0.05) is 41.6 Å². The quantitative estimate of drug-likeness (QED) is 0.715. The molecule has 3 rings (SSSR count). The molecule has 0 aliphatic carbocycles. The Balaban J connectivity index is 1.71. The number of para-hydroxylation sites is 1. The number of carboxylic acid groups (broad SMARTS) is 1. The van der Waals surface area contributed by atoms with E-state index >= 15 is 0 Å². The van der Waals surface area contributed by atoms with E-state index in [1.54, 1.807) is 24.3 Å². The van der Waals surface area contributed by atoms with E-state index in [4.69, 9.17) is 9.84 Å². The zero-order valence-electron chi connectivity index (χ0n) is 13.2. The highest BCUT2D eigenvalue weighted by molar-refractivity contribution is 5.85. The van der Waals surface area contributed by atoms with Gasteiger partial charge in [-0.3, -0.25) is 0 Å². The van der Waals surface area contributed by atoms with Crippen LogP contribution in [0.4, 0.5) is 13.2 Å². The summed E-state index contributed by atoms with van der Waals surface area (Å²) in [5.41, 5.74) is 0.770. The predicted molar refractivity (Wildman–Crippen MR) is 84.7 cm³/mol. The molecule has 8 heteroatoms. The molecule has 1 N–H and O–H groups in total. The number of aromatic carboxylic acids is 1. The molecule has 2 aromatic carbocycles. The lowest BCUT2D eigenvalue weighted by molar-refractivity contribution is -0.139. The third kappa shape index (κ3) is 3.85. The third-order valence-electron chi connectivity index (χ3n) is 3.56. The molecule has 3 aromatic rings. The summed E-state index contributed by atoms with van der Waals surface area (Å²) in [5, 5.41) is 12.5. The molecule has 134 valence electrons. The number of alkyl halides is 3. The summed E-state index contributed by atoms with van der Waals surface area (Å²) in [6.45, 7) is -0.0490. The van der Waals surface area contributed by atoms with Crippen molar-refractivity contribution in [3.63, 3.8) is 0 Å². The van der Waals surface area contributed by atoms with Crippen molar-refractivity contribution in [2.24, 2.45) is 0 Å². The van der Waals surface area contributed by atoms with E-state index in [0.717, 1.165) is 6.07 Å². The van der Waals surface area contributed by atoms with Crippen LogP contribution in [0.25, 0.3) is 11.3 Å². The average Bonchev–Trinajstić information content (AvgIpc) is 3.10. The predicted octanol–water partition coefficient (Wildman–Crippen LogP) is 4.64. The van der Waals surface area contributed by atoms with Crippen LogP contribution in [-0.4, -0.2) is 16.2 Å². The maximum atomic E-state index is 12.9. The highest BCUT2D eigenvalue weighted by atomic mass is 19.4. The Morgan fingerprint density at radius 3 is 2.42 bits per heavy atom. The average molecular weight is 363 g/mol. The number of ether oxygens (including phenoxy) is 1. The maximum absolute atomic E-state index is 12.9. The van der Waals surface area contributed by atoms with Crippen molar-refractivity contribution in [3.8, 4) is 17.0 Å². The van der Waals surface area contributed by atoms with Gasteiger partial charge in [-0.05, 0) is 17.7 Å². The third-order valence-corrected chi connectivity index (χ3v) is 3.56. The second-order valence-corrected chi connectivity index (χ2v) is 5.36. The Morgan fingerprint density at radius 1 is 1.12 bits per heavy atom. The summed E-state index contributed by atoms with van der Waals surface area (Å²) in [6, 6.07) is 12.9. The van der Waals surface area contributed by atoms with Crippen LogP contribution in [-0.2, 0) is 12.8 Å². The van der Waals surface area contributed by atoms with Gasteiger partial charge < -0.3 is 14.4 Å². The minimum Gasteiger partial charge on any atom is -0.488 e. The highest BCUT2D eigenvalue weighted by Crippen LogP contribution is 2.36. The molecule has 0 saturated carbocycles. The van der Waals surface area contributed by atoms with Crippen LogP contribution >= 0.6 is 0 Å². The van der Waals surface area contributed by atoms with Crippen molar-refractivity contribution in [2.75, 3.05) is 0 Å². The molecular formula is C18H12F3NO4. The van der Waals surface area contributed by atoms with Gasteiger partial charge in [-0.2, -0.15) is 13.2 Å². The van der Waals surface area contributed by atoms with Crippen molar-refractivity contribution in [1.29, 1.82) is 0 Å². The molecule has 0 saturated heterocycles. The summed E-state index contributed by atoms with van der Waals surface area (Å²) in [7, 11) is 0. The topological polar surface area (TPSA) is 72.6 Å². The van der Waals surface area contributed by atoms with E-state index in [2.05, 4.69) is 9.68 Å². The van der Waals surface area contributed by atoms with Crippen molar-refractivity contribution < 1.29 is 32.3 Å². The molecular weight excluding hydrogens is 351 g/mol. The van der Waals surface area contributed by atoms with E-state index in [0.29, 0.717) is 16.8 Å². The van der Waals surface area contributed by atoms with Crippen LogP contribution in [0.2, 0.25) is 0 Å². The molecule has 0 bridgehead atoms. The van der Waals surface area contributed by atoms with Crippen molar-refractivity contribution in [1.82, 2.24) is 5.16 Å². The Kier molecular flexibility index (Phi) is 4.66. The number of carbonyl (C=O) groups is 1. The summed E-state index contributed by atoms with van der Waals surface area (Å²) in [5.74, 6) is -1.75. The summed E-state index contributed by atoms with van der Waals surface area (Å²) in [6.07, 6.45) is -4.49. The minimum absolute atomic E-state index is 0.0490. The van der Waals surface area contributed by atoms with Gasteiger partial charge in [0, 0.05) is 11.6 Å². The van der Waals surface area contributed by atoms with Crippen LogP contribution in [0.15, 0.2) is 59.1 Å². The van der Waals surface area contributed by atoms with Crippen LogP contribution < -0.4 is 4.74 Å². The van der Waals surface area contributed by atoms with Gasteiger partial charge in [0.1, 0.15) is 18.1 Å². The highest BCUT2D eigenvalue weighted by Gasteiger charge is 2.33. The molecule has 0 unspecified atom stereocenters. The lowest BCUT2D eigenvalue weighted by Crippen LogP contribution is -2.08. The largest absolute Gasteiger partial charge is 0.488 e. The number of benzene rings is 2. The van der Waals surface area contributed by atoms with Crippen molar-refractivity contribution in [2.45, 2.75) is 12.8 Å². The minimum atomic E-state index is -4.49. The zero-order chi connectivity index (χ0) is 18.7. The van der Waals surface area contributed by atoms with E-state index < -0.39 is 17.7 Å². The van der Waals surface area contributed by atoms with Gasteiger partial charge in [0.15, 0.2) is 0 Å². The fourth-order valence-electron chi connectivity index (χ4n) is 2.27.